The molecule has 0 aliphatic rings. The van der Waals surface area contributed by atoms with Crippen LogP contribution >= 0.6 is 11.6 Å². The Kier molecular flexibility index (Phi) is 4.87. The molecule has 6 nitrogen and oxygen atoms in total. The molecule has 1 aromatic carbocycles. The molecule has 0 amide bonds. The molecule has 114 valence electrons. The molecule has 0 saturated heterocycles. The summed E-state index contributed by atoms with van der Waals surface area (Å²) < 4.78 is 28.4. The Bertz CT molecular complexity index is 728. The van der Waals surface area contributed by atoms with Gasteiger partial charge < -0.3 is 5.32 Å². The first-order valence-electron chi connectivity index (χ1n) is 6.44. The van der Waals surface area contributed by atoms with Crippen molar-refractivity contribution in [2.24, 2.45) is 7.05 Å². The van der Waals surface area contributed by atoms with Gasteiger partial charge in [0.15, 0.2) is 5.82 Å². The van der Waals surface area contributed by atoms with Crippen molar-refractivity contribution in [3.05, 3.63) is 41.0 Å². The Morgan fingerprint density at radius 1 is 1.33 bits per heavy atom. The van der Waals surface area contributed by atoms with Crippen LogP contribution in [0.4, 0.5) is 5.82 Å². The molecule has 0 aliphatic carbocycles. The molecule has 2 aromatic rings. The van der Waals surface area contributed by atoms with Gasteiger partial charge in [-0.05, 0) is 24.2 Å². The van der Waals surface area contributed by atoms with E-state index in [4.69, 9.17) is 11.6 Å². The average molecular weight is 329 g/mol. The SMILES string of the molecule is CCNCc1ccc(S(=O)(=O)Nc2ccn(C)n2)cc1Cl. The number of rotatable bonds is 6. The van der Waals surface area contributed by atoms with E-state index in [9.17, 15) is 8.42 Å². The van der Waals surface area contributed by atoms with E-state index in [0.717, 1.165) is 12.1 Å². The molecule has 2 N–H and O–H groups in total. The van der Waals surface area contributed by atoms with Crippen molar-refractivity contribution >= 4 is 27.4 Å². The highest BCUT2D eigenvalue weighted by atomic mass is 35.5. The van der Waals surface area contributed by atoms with Gasteiger partial charge in [-0.2, -0.15) is 5.10 Å². The average Bonchev–Trinajstić information content (AvgIpc) is 2.82. The van der Waals surface area contributed by atoms with Crippen LogP contribution < -0.4 is 10.0 Å². The largest absolute Gasteiger partial charge is 0.313 e. The summed E-state index contributed by atoms with van der Waals surface area (Å²) in [5.74, 6) is 0.269. The monoisotopic (exact) mass is 328 g/mol. The van der Waals surface area contributed by atoms with Crippen LogP contribution in [-0.4, -0.2) is 24.7 Å². The summed E-state index contributed by atoms with van der Waals surface area (Å²) in [5, 5.41) is 7.55. The summed E-state index contributed by atoms with van der Waals surface area (Å²) in [5.41, 5.74) is 0.857. The van der Waals surface area contributed by atoms with Crippen LogP contribution in [-0.2, 0) is 23.6 Å². The van der Waals surface area contributed by atoms with E-state index in [2.05, 4.69) is 15.1 Å². The van der Waals surface area contributed by atoms with Crippen molar-refractivity contribution in [2.45, 2.75) is 18.4 Å². The summed E-state index contributed by atoms with van der Waals surface area (Å²) in [4.78, 5) is 0.110. The van der Waals surface area contributed by atoms with Crippen molar-refractivity contribution in [3.8, 4) is 0 Å². The van der Waals surface area contributed by atoms with Gasteiger partial charge in [-0.1, -0.05) is 24.6 Å². The molecule has 1 heterocycles. The van der Waals surface area contributed by atoms with Crippen LogP contribution in [0.5, 0.6) is 0 Å². The van der Waals surface area contributed by atoms with Gasteiger partial charge in [0.25, 0.3) is 10.0 Å². The lowest BCUT2D eigenvalue weighted by Crippen LogP contribution is -2.15. The summed E-state index contributed by atoms with van der Waals surface area (Å²) >= 11 is 6.13. The smallest absolute Gasteiger partial charge is 0.263 e. The number of hydrogen-bond acceptors (Lipinski definition) is 4. The van der Waals surface area contributed by atoms with E-state index < -0.39 is 10.0 Å². The normalized spacial score (nSPS) is 11.6. The standard InChI is InChI=1S/C13H17ClN4O2S/c1-3-15-9-10-4-5-11(8-12(10)14)21(19,20)17-13-6-7-18(2)16-13/h4-8,15H,3,9H2,1-2H3,(H,16,17). The van der Waals surface area contributed by atoms with Crippen LogP contribution in [0.2, 0.25) is 5.02 Å². The van der Waals surface area contributed by atoms with Crippen LogP contribution in [0, 0.1) is 0 Å². The number of sulfonamides is 1. The zero-order valence-electron chi connectivity index (χ0n) is 11.8. The van der Waals surface area contributed by atoms with Crippen molar-refractivity contribution in [2.75, 3.05) is 11.3 Å². The lowest BCUT2D eigenvalue weighted by molar-refractivity contribution is 0.600. The fourth-order valence-electron chi connectivity index (χ4n) is 1.76. The third-order valence-electron chi connectivity index (χ3n) is 2.85. The zero-order chi connectivity index (χ0) is 15.5. The van der Waals surface area contributed by atoms with Crippen molar-refractivity contribution in [1.82, 2.24) is 15.1 Å². The molecule has 0 unspecified atom stereocenters. The third-order valence-corrected chi connectivity index (χ3v) is 4.56. The van der Waals surface area contributed by atoms with Crippen molar-refractivity contribution < 1.29 is 8.42 Å². The van der Waals surface area contributed by atoms with E-state index in [-0.39, 0.29) is 10.7 Å². The first-order chi connectivity index (χ1) is 9.92. The lowest BCUT2D eigenvalue weighted by Gasteiger charge is -2.09. The Morgan fingerprint density at radius 2 is 2.10 bits per heavy atom. The minimum Gasteiger partial charge on any atom is -0.313 e. The summed E-state index contributed by atoms with van der Waals surface area (Å²) in [7, 11) is -1.98. The Hall–Kier alpha value is -1.57. The van der Waals surface area contributed by atoms with Crippen molar-refractivity contribution in [1.29, 1.82) is 0 Å². The van der Waals surface area contributed by atoms with Crippen LogP contribution in [0.1, 0.15) is 12.5 Å². The lowest BCUT2D eigenvalue weighted by atomic mass is 10.2. The molecule has 0 spiro atoms. The molecule has 0 atom stereocenters. The summed E-state index contributed by atoms with van der Waals surface area (Å²) in [6.45, 7) is 3.41. The van der Waals surface area contributed by atoms with Gasteiger partial charge in [0.1, 0.15) is 0 Å². The minimum absolute atomic E-state index is 0.110. The highest BCUT2D eigenvalue weighted by Gasteiger charge is 2.16. The zero-order valence-corrected chi connectivity index (χ0v) is 13.4. The number of benzene rings is 1. The fraction of sp³-hybridized carbons (Fsp3) is 0.308. The number of aryl methyl sites for hydroxylation is 1. The number of aromatic nitrogens is 2. The summed E-state index contributed by atoms with van der Waals surface area (Å²) in [6.07, 6.45) is 1.66. The minimum atomic E-state index is -3.69. The van der Waals surface area contributed by atoms with Gasteiger partial charge >= 0.3 is 0 Å². The second-order valence-corrected chi connectivity index (χ2v) is 6.60. The van der Waals surface area contributed by atoms with Crippen LogP contribution in [0.25, 0.3) is 0 Å². The third kappa shape index (κ3) is 3.96. The molecular formula is C13H17ClN4O2S. The van der Waals surface area contributed by atoms with E-state index >= 15 is 0 Å². The fourth-order valence-corrected chi connectivity index (χ4v) is 3.10. The Labute approximate surface area is 129 Å². The maximum Gasteiger partial charge on any atom is 0.263 e. The van der Waals surface area contributed by atoms with E-state index in [1.54, 1.807) is 25.4 Å². The van der Waals surface area contributed by atoms with Gasteiger partial charge in [0.05, 0.1) is 4.90 Å². The Balaban J connectivity index is 2.22. The van der Waals surface area contributed by atoms with E-state index in [0.29, 0.717) is 11.6 Å². The van der Waals surface area contributed by atoms with Crippen molar-refractivity contribution in [3.63, 3.8) is 0 Å². The van der Waals surface area contributed by atoms with Crippen LogP contribution in [0.15, 0.2) is 35.4 Å². The first kappa shape index (κ1) is 15.8. The van der Waals surface area contributed by atoms with Gasteiger partial charge in [0, 0.05) is 30.9 Å². The van der Waals surface area contributed by atoms with Gasteiger partial charge in [0.2, 0.25) is 0 Å². The molecule has 0 saturated carbocycles. The molecule has 0 fully saturated rings. The van der Waals surface area contributed by atoms with Gasteiger partial charge in [-0.3, -0.25) is 9.40 Å². The molecule has 1 aromatic heterocycles. The first-order valence-corrected chi connectivity index (χ1v) is 8.30. The second-order valence-electron chi connectivity index (χ2n) is 4.51. The maximum absolute atomic E-state index is 12.3. The molecule has 0 radical (unpaired) electrons. The molecule has 0 aliphatic heterocycles. The summed E-state index contributed by atoms with van der Waals surface area (Å²) in [6, 6.07) is 6.26. The topological polar surface area (TPSA) is 76.0 Å². The Morgan fingerprint density at radius 3 is 2.67 bits per heavy atom. The number of halogens is 1. The van der Waals surface area contributed by atoms with E-state index in [1.807, 2.05) is 6.92 Å². The molecule has 8 heteroatoms. The van der Waals surface area contributed by atoms with Gasteiger partial charge in [-0.15, -0.1) is 0 Å². The van der Waals surface area contributed by atoms with Crippen LogP contribution in [0.3, 0.4) is 0 Å². The molecule has 0 bridgehead atoms. The second kappa shape index (κ2) is 6.46. The predicted octanol–water partition coefficient (Wildman–Crippen LogP) is 1.98. The highest BCUT2D eigenvalue weighted by molar-refractivity contribution is 7.92. The number of anilines is 1. The number of nitrogens with one attached hydrogen (secondary N) is 2. The van der Waals surface area contributed by atoms with E-state index in [1.165, 1.54) is 16.8 Å². The number of nitrogens with zero attached hydrogens (tertiary/aromatic N) is 2. The quantitative estimate of drug-likeness (QED) is 0.850. The highest BCUT2D eigenvalue weighted by Crippen LogP contribution is 2.22. The predicted molar refractivity (Wildman–Crippen MR) is 82.8 cm³/mol. The molecule has 21 heavy (non-hydrogen) atoms. The van der Waals surface area contributed by atoms with Gasteiger partial charge in [-0.25, -0.2) is 8.42 Å². The maximum atomic E-state index is 12.3. The number of hydrogen-bond donors (Lipinski definition) is 2. The molecule has 2 rings (SSSR count). The molecular weight excluding hydrogens is 312 g/mol.